The third-order valence-electron chi connectivity index (χ3n) is 4.00. The topological polar surface area (TPSA) is 51.9 Å². The fraction of sp³-hybridized carbons (Fsp3) is 0.571. The normalized spacial score (nSPS) is 19.0. The van der Waals surface area contributed by atoms with Gasteiger partial charge in [-0.3, -0.25) is 9.36 Å². The van der Waals surface area contributed by atoms with Crippen molar-refractivity contribution in [1.82, 2.24) is 14.1 Å². The minimum absolute atomic E-state index is 0.0788. The Morgan fingerprint density at radius 1 is 1.37 bits per heavy atom. The Morgan fingerprint density at radius 2 is 2.16 bits per heavy atom. The Hall–Kier alpha value is -1.78. The van der Waals surface area contributed by atoms with Crippen LogP contribution in [0.3, 0.4) is 0 Å². The van der Waals surface area contributed by atoms with E-state index >= 15 is 0 Å². The van der Waals surface area contributed by atoms with Crippen molar-refractivity contribution in [1.29, 1.82) is 0 Å². The van der Waals surface area contributed by atoms with Gasteiger partial charge in [0.2, 0.25) is 5.95 Å². The summed E-state index contributed by atoms with van der Waals surface area (Å²) >= 11 is 0. The molecule has 2 heterocycles. The number of nitrogens with one attached hydrogen (secondary N) is 1. The first-order valence-corrected chi connectivity index (χ1v) is 7.16. The molecule has 2 aliphatic carbocycles. The van der Waals surface area contributed by atoms with Crippen molar-refractivity contribution in [3.8, 4) is 0 Å². The first-order chi connectivity index (χ1) is 9.28. The van der Waals surface area contributed by atoms with E-state index in [4.69, 9.17) is 4.98 Å². The molecule has 19 heavy (non-hydrogen) atoms. The van der Waals surface area contributed by atoms with Gasteiger partial charge in [0.05, 0.1) is 5.39 Å². The summed E-state index contributed by atoms with van der Waals surface area (Å²) in [5, 5.41) is 4.13. The Bertz CT molecular complexity index is 691. The molecule has 2 aromatic rings. The van der Waals surface area contributed by atoms with Crippen LogP contribution in [0.5, 0.6) is 0 Å². The molecule has 0 saturated heterocycles. The van der Waals surface area contributed by atoms with Gasteiger partial charge in [-0.1, -0.05) is 0 Å². The molecule has 2 fully saturated rings. The number of hydrogen-bond acceptors (Lipinski definition) is 3. The van der Waals surface area contributed by atoms with Crippen LogP contribution in [-0.2, 0) is 6.54 Å². The zero-order valence-electron chi connectivity index (χ0n) is 11.1. The highest BCUT2D eigenvalue weighted by atomic mass is 16.1. The van der Waals surface area contributed by atoms with Gasteiger partial charge in [-0.2, -0.15) is 4.98 Å². The zero-order valence-corrected chi connectivity index (χ0v) is 11.1. The Morgan fingerprint density at radius 3 is 2.79 bits per heavy atom. The summed E-state index contributed by atoms with van der Waals surface area (Å²) in [6.45, 7) is 2.65. The van der Waals surface area contributed by atoms with Gasteiger partial charge in [0.1, 0.15) is 5.65 Å². The molecule has 0 bridgehead atoms. The highest BCUT2D eigenvalue weighted by Gasteiger charge is 2.27. The largest absolute Gasteiger partial charge is 0.353 e. The van der Waals surface area contributed by atoms with Gasteiger partial charge in [0.25, 0.3) is 5.56 Å². The maximum atomic E-state index is 12.5. The van der Waals surface area contributed by atoms with Crippen LogP contribution in [0.2, 0.25) is 0 Å². The lowest BCUT2D eigenvalue weighted by Gasteiger charge is -2.12. The predicted molar refractivity (Wildman–Crippen MR) is 74.6 cm³/mol. The van der Waals surface area contributed by atoms with Gasteiger partial charge in [-0.05, 0) is 38.7 Å². The summed E-state index contributed by atoms with van der Waals surface area (Å²) in [5.41, 5.74) is 0.926. The summed E-state index contributed by atoms with van der Waals surface area (Å²) in [5.74, 6) is 0.739. The van der Waals surface area contributed by atoms with Crippen molar-refractivity contribution in [2.45, 2.75) is 51.2 Å². The highest BCUT2D eigenvalue weighted by Crippen LogP contribution is 2.37. The van der Waals surface area contributed by atoms with Crippen LogP contribution >= 0.6 is 0 Å². The molecule has 4 rings (SSSR count). The van der Waals surface area contributed by atoms with Crippen LogP contribution < -0.4 is 10.9 Å². The SMILES string of the molecule is CCn1c(NC2CC2)nc2c(ccn2C2CC2)c1=O. The molecule has 5 heteroatoms. The van der Waals surface area contributed by atoms with E-state index in [1.165, 1.54) is 25.7 Å². The molecule has 100 valence electrons. The first kappa shape index (κ1) is 11.1. The van der Waals surface area contributed by atoms with E-state index in [1.54, 1.807) is 4.57 Å². The molecule has 0 aromatic carbocycles. The zero-order chi connectivity index (χ0) is 13.0. The van der Waals surface area contributed by atoms with Crippen LogP contribution in [0.1, 0.15) is 38.6 Å². The Labute approximate surface area is 111 Å². The van der Waals surface area contributed by atoms with Gasteiger partial charge in [0.15, 0.2) is 0 Å². The van der Waals surface area contributed by atoms with Crippen LogP contribution in [0.15, 0.2) is 17.1 Å². The van der Waals surface area contributed by atoms with E-state index in [9.17, 15) is 4.79 Å². The summed E-state index contributed by atoms with van der Waals surface area (Å²) < 4.78 is 3.91. The minimum atomic E-state index is 0.0788. The summed E-state index contributed by atoms with van der Waals surface area (Å²) in [4.78, 5) is 17.2. The van der Waals surface area contributed by atoms with E-state index < -0.39 is 0 Å². The average Bonchev–Trinajstić information content (AvgIpc) is 3.31. The third-order valence-corrected chi connectivity index (χ3v) is 4.00. The van der Waals surface area contributed by atoms with E-state index in [-0.39, 0.29) is 5.56 Å². The molecule has 0 unspecified atom stereocenters. The predicted octanol–water partition coefficient (Wildman–Crippen LogP) is 2.13. The second kappa shape index (κ2) is 3.85. The monoisotopic (exact) mass is 258 g/mol. The molecule has 0 radical (unpaired) electrons. The Balaban J connectivity index is 1.92. The molecular weight excluding hydrogens is 240 g/mol. The lowest BCUT2D eigenvalue weighted by molar-refractivity contribution is 0.711. The summed E-state index contributed by atoms with van der Waals surface area (Å²) in [7, 11) is 0. The quantitative estimate of drug-likeness (QED) is 0.914. The Kier molecular flexibility index (Phi) is 2.25. The van der Waals surface area contributed by atoms with E-state index in [1.807, 2.05) is 19.2 Å². The molecule has 2 saturated carbocycles. The van der Waals surface area contributed by atoms with Gasteiger partial charge in [-0.15, -0.1) is 0 Å². The molecule has 0 atom stereocenters. The van der Waals surface area contributed by atoms with E-state index in [0.717, 1.165) is 17.0 Å². The molecule has 0 amide bonds. The van der Waals surface area contributed by atoms with Gasteiger partial charge < -0.3 is 9.88 Å². The molecule has 5 nitrogen and oxygen atoms in total. The van der Waals surface area contributed by atoms with Crippen molar-refractivity contribution < 1.29 is 0 Å². The molecule has 0 spiro atoms. The van der Waals surface area contributed by atoms with E-state index in [0.29, 0.717) is 18.6 Å². The van der Waals surface area contributed by atoms with Crippen molar-refractivity contribution in [3.05, 3.63) is 22.6 Å². The molecule has 2 aliphatic rings. The smallest absolute Gasteiger partial charge is 0.264 e. The fourth-order valence-electron chi connectivity index (χ4n) is 2.59. The average molecular weight is 258 g/mol. The second-order valence-electron chi connectivity index (χ2n) is 5.59. The first-order valence-electron chi connectivity index (χ1n) is 7.16. The summed E-state index contributed by atoms with van der Waals surface area (Å²) in [6, 6.07) is 2.97. The number of fused-ring (bicyclic) bond motifs is 1. The lowest BCUT2D eigenvalue weighted by atomic mass is 10.4. The van der Waals surface area contributed by atoms with Crippen LogP contribution in [0, 0.1) is 0 Å². The number of anilines is 1. The number of rotatable bonds is 4. The van der Waals surface area contributed by atoms with Crippen LogP contribution in [0.4, 0.5) is 5.95 Å². The minimum Gasteiger partial charge on any atom is -0.353 e. The lowest BCUT2D eigenvalue weighted by Crippen LogP contribution is -2.25. The van der Waals surface area contributed by atoms with Gasteiger partial charge >= 0.3 is 0 Å². The highest BCUT2D eigenvalue weighted by molar-refractivity contribution is 5.76. The second-order valence-corrected chi connectivity index (χ2v) is 5.59. The van der Waals surface area contributed by atoms with Crippen molar-refractivity contribution in [2.75, 3.05) is 5.32 Å². The van der Waals surface area contributed by atoms with Crippen molar-refractivity contribution in [3.63, 3.8) is 0 Å². The molecule has 2 aromatic heterocycles. The van der Waals surface area contributed by atoms with Crippen molar-refractivity contribution in [2.24, 2.45) is 0 Å². The fourth-order valence-corrected chi connectivity index (χ4v) is 2.59. The van der Waals surface area contributed by atoms with Crippen molar-refractivity contribution >= 4 is 17.0 Å². The maximum absolute atomic E-state index is 12.5. The maximum Gasteiger partial charge on any atom is 0.264 e. The summed E-state index contributed by atoms with van der Waals surface area (Å²) in [6.07, 6.45) is 6.78. The van der Waals surface area contributed by atoms with Gasteiger partial charge in [0, 0.05) is 24.8 Å². The number of aromatic nitrogens is 3. The van der Waals surface area contributed by atoms with E-state index in [2.05, 4.69) is 9.88 Å². The van der Waals surface area contributed by atoms with Crippen LogP contribution in [0.25, 0.3) is 11.0 Å². The third kappa shape index (κ3) is 1.76. The molecule has 1 N–H and O–H groups in total. The van der Waals surface area contributed by atoms with Gasteiger partial charge in [-0.25, -0.2) is 0 Å². The number of hydrogen-bond donors (Lipinski definition) is 1. The standard InChI is InChI=1S/C14H18N4O/c1-2-17-13(19)11-7-8-18(10-5-6-10)12(11)16-14(17)15-9-3-4-9/h7-10H,2-6H2,1H3,(H,15,16). The van der Waals surface area contributed by atoms with Crippen LogP contribution in [-0.4, -0.2) is 20.2 Å². The molecular formula is C14H18N4O. The molecule has 0 aliphatic heterocycles. The number of nitrogens with zero attached hydrogens (tertiary/aromatic N) is 3.